The minimum atomic E-state index is -3.75. The summed E-state index contributed by atoms with van der Waals surface area (Å²) in [5.41, 5.74) is 2.12. The number of anilines is 1. The SMILES string of the molecule is COc1cc(C)c(S(=O)(=O)Nc2cccc(C(C)=O)c2)cc1C. The number of rotatable bonds is 5. The summed E-state index contributed by atoms with van der Waals surface area (Å²) in [5, 5.41) is 0. The zero-order valence-electron chi connectivity index (χ0n) is 13.5. The molecule has 5 nitrogen and oxygen atoms in total. The van der Waals surface area contributed by atoms with Crippen molar-refractivity contribution >= 4 is 21.5 Å². The molecule has 122 valence electrons. The number of nitrogens with one attached hydrogen (secondary N) is 1. The molecule has 0 aliphatic heterocycles. The average molecular weight is 333 g/mol. The molecular weight excluding hydrogens is 314 g/mol. The lowest BCUT2D eigenvalue weighted by Gasteiger charge is -2.13. The molecule has 2 aromatic carbocycles. The molecule has 2 rings (SSSR count). The summed E-state index contributed by atoms with van der Waals surface area (Å²) in [6.45, 7) is 4.93. The molecule has 0 spiro atoms. The fourth-order valence-corrected chi connectivity index (χ4v) is 3.65. The van der Waals surface area contributed by atoms with Gasteiger partial charge in [0.2, 0.25) is 0 Å². The topological polar surface area (TPSA) is 72.5 Å². The van der Waals surface area contributed by atoms with E-state index in [2.05, 4.69) is 4.72 Å². The first kappa shape index (κ1) is 17.0. The highest BCUT2D eigenvalue weighted by molar-refractivity contribution is 7.92. The van der Waals surface area contributed by atoms with Crippen LogP contribution in [0.2, 0.25) is 0 Å². The maximum atomic E-state index is 12.6. The minimum absolute atomic E-state index is 0.123. The van der Waals surface area contributed by atoms with Crippen molar-refractivity contribution in [3.63, 3.8) is 0 Å². The van der Waals surface area contributed by atoms with E-state index in [4.69, 9.17) is 4.74 Å². The number of carbonyl (C=O) groups is 1. The summed E-state index contributed by atoms with van der Waals surface area (Å²) in [6.07, 6.45) is 0. The molecule has 0 fully saturated rings. The van der Waals surface area contributed by atoms with Crippen LogP contribution in [0, 0.1) is 13.8 Å². The number of methoxy groups -OCH3 is 1. The standard InChI is InChI=1S/C17H19NO4S/c1-11-9-17(12(2)8-16(11)22-4)23(20,21)18-15-7-5-6-14(10-15)13(3)19/h5-10,18H,1-4H3. The van der Waals surface area contributed by atoms with Crippen molar-refractivity contribution in [3.05, 3.63) is 53.1 Å². The fourth-order valence-electron chi connectivity index (χ4n) is 2.28. The number of Topliss-reactive ketones (excluding diaryl/α,β-unsaturated/α-hetero) is 1. The van der Waals surface area contributed by atoms with Crippen LogP contribution < -0.4 is 9.46 Å². The summed E-state index contributed by atoms with van der Waals surface area (Å²) < 4.78 is 33.0. The van der Waals surface area contributed by atoms with Gasteiger partial charge in [0.25, 0.3) is 10.0 Å². The smallest absolute Gasteiger partial charge is 0.262 e. The maximum absolute atomic E-state index is 12.6. The van der Waals surface area contributed by atoms with Gasteiger partial charge in [0.15, 0.2) is 5.78 Å². The molecule has 0 atom stereocenters. The molecule has 2 aromatic rings. The van der Waals surface area contributed by atoms with E-state index in [9.17, 15) is 13.2 Å². The summed E-state index contributed by atoms with van der Waals surface area (Å²) in [7, 11) is -2.21. The van der Waals surface area contributed by atoms with E-state index in [-0.39, 0.29) is 10.7 Å². The Morgan fingerprint density at radius 3 is 2.39 bits per heavy atom. The Bertz CT molecular complexity index is 857. The van der Waals surface area contributed by atoms with E-state index in [0.717, 1.165) is 5.56 Å². The first-order valence-electron chi connectivity index (χ1n) is 7.03. The van der Waals surface area contributed by atoms with Gasteiger partial charge in [0, 0.05) is 11.3 Å². The number of ketones is 1. The van der Waals surface area contributed by atoms with Crippen LogP contribution in [-0.4, -0.2) is 21.3 Å². The molecule has 6 heteroatoms. The van der Waals surface area contributed by atoms with Gasteiger partial charge in [-0.3, -0.25) is 9.52 Å². The van der Waals surface area contributed by atoms with Crippen LogP contribution in [-0.2, 0) is 10.0 Å². The normalized spacial score (nSPS) is 11.1. The molecule has 0 bridgehead atoms. The molecule has 23 heavy (non-hydrogen) atoms. The van der Waals surface area contributed by atoms with E-state index < -0.39 is 10.0 Å². The number of carbonyl (C=O) groups excluding carboxylic acids is 1. The summed E-state index contributed by atoms with van der Waals surface area (Å²) in [6, 6.07) is 9.67. The van der Waals surface area contributed by atoms with Gasteiger partial charge >= 0.3 is 0 Å². The molecular formula is C17H19NO4S. The lowest BCUT2D eigenvalue weighted by molar-refractivity contribution is 0.101. The molecule has 1 N–H and O–H groups in total. The van der Waals surface area contributed by atoms with Gasteiger partial charge in [-0.15, -0.1) is 0 Å². The van der Waals surface area contributed by atoms with Crippen molar-refractivity contribution in [2.45, 2.75) is 25.7 Å². The first-order chi connectivity index (χ1) is 10.7. The molecule has 0 unspecified atom stereocenters. The van der Waals surface area contributed by atoms with E-state index in [0.29, 0.717) is 22.6 Å². The fraction of sp³-hybridized carbons (Fsp3) is 0.235. The second kappa shape index (κ2) is 6.42. The lowest BCUT2D eigenvalue weighted by Crippen LogP contribution is -2.15. The molecule has 0 amide bonds. The van der Waals surface area contributed by atoms with Crippen molar-refractivity contribution in [1.29, 1.82) is 0 Å². The van der Waals surface area contributed by atoms with Crippen LogP contribution in [0.5, 0.6) is 5.75 Å². The number of benzene rings is 2. The molecule has 0 aliphatic rings. The minimum Gasteiger partial charge on any atom is -0.496 e. The maximum Gasteiger partial charge on any atom is 0.262 e. The second-order valence-corrected chi connectivity index (χ2v) is 6.98. The van der Waals surface area contributed by atoms with Crippen LogP contribution in [0.1, 0.15) is 28.4 Å². The zero-order valence-corrected chi connectivity index (χ0v) is 14.3. The van der Waals surface area contributed by atoms with Crippen LogP contribution in [0.15, 0.2) is 41.3 Å². The Labute approximate surface area is 136 Å². The second-order valence-electron chi connectivity index (χ2n) is 5.33. The largest absolute Gasteiger partial charge is 0.496 e. The van der Waals surface area contributed by atoms with Crippen molar-refractivity contribution in [2.75, 3.05) is 11.8 Å². The average Bonchev–Trinajstić information content (AvgIpc) is 2.48. The monoisotopic (exact) mass is 333 g/mol. The Hall–Kier alpha value is -2.34. The highest BCUT2D eigenvalue weighted by Gasteiger charge is 2.19. The Balaban J connectivity index is 2.42. The third kappa shape index (κ3) is 3.71. The van der Waals surface area contributed by atoms with Gasteiger partial charge in [0.05, 0.1) is 12.0 Å². The van der Waals surface area contributed by atoms with E-state index in [1.807, 2.05) is 0 Å². The quantitative estimate of drug-likeness (QED) is 0.852. The van der Waals surface area contributed by atoms with Crippen molar-refractivity contribution in [3.8, 4) is 5.75 Å². The number of sulfonamides is 1. The van der Waals surface area contributed by atoms with Gasteiger partial charge < -0.3 is 4.74 Å². The number of aryl methyl sites for hydroxylation is 2. The van der Waals surface area contributed by atoms with Gasteiger partial charge in [-0.05, 0) is 56.2 Å². The summed E-state index contributed by atoms with van der Waals surface area (Å²) >= 11 is 0. The van der Waals surface area contributed by atoms with Crippen LogP contribution in [0.4, 0.5) is 5.69 Å². The Morgan fingerprint density at radius 1 is 1.09 bits per heavy atom. The third-order valence-corrected chi connectivity index (χ3v) is 5.03. The van der Waals surface area contributed by atoms with Crippen molar-refractivity contribution in [1.82, 2.24) is 0 Å². The summed E-state index contributed by atoms with van der Waals surface area (Å²) in [5.74, 6) is 0.516. The lowest BCUT2D eigenvalue weighted by atomic mass is 10.1. The Morgan fingerprint density at radius 2 is 1.78 bits per heavy atom. The molecule has 0 aromatic heterocycles. The molecule has 0 saturated carbocycles. The van der Waals surface area contributed by atoms with Crippen molar-refractivity contribution < 1.29 is 17.9 Å². The highest BCUT2D eigenvalue weighted by atomic mass is 32.2. The third-order valence-electron chi connectivity index (χ3n) is 3.50. The predicted molar refractivity (Wildman–Crippen MR) is 89.7 cm³/mol. The summed E-state index contributed by atoms with van der Waals surface area (Å²) in [4.78, 5) is 11.6. The van der Waals surface area contributed by atoms with E-state index in [1.165, 1.54) is 13.0 Å². The zero-order chi connectivity index (χ0) is 17.2. The number of ether oxygens (including phenoxy) is 1. The molecule has 0 saturated heterocycles. The Kier molecular flexibility index (Phi) is 4.75. The van der Waals surface area contributed by atoms with Crippen molar-refractivity contribution in [2.24, 2.45) is 0 Å². The highest BCUT2D eigenvalue weighted by Crippen LogP contribution is 2.27. The van der Waals surface area contributed by atoms with Gasteiger partial charge in [0.1, 0.15) is 5.75 Å². The molecule has 0 heterocycles. The van der Waals surface area contributed by atoms with E-state index >= 15 is 0 Å². The number of hydrogen-bond donors (Lipinski definition) is 1. The number of hydrogen-bond acceptors (Lipinski definition) is 4. The van der Waals surface area contributed by atoms with Crippen LogP contribution >= 0.6 is 0 Å². The molecule has 0 aliphatic carbocycles. The van der Waals surface area contributed by atoms with Crippen LogP contribution in [0.25, 0.3) is 0 Å². The van der Waals surface area contributed by atoms with E-state index in [1.54, 1.807) is 51.3 Å². The van der Waals surface area contributed by atoms with Gasteiger partial charge in [-0.2, -0.15) is 0 Å². The first-order valence-corrected chi connectivity index (χ1v) is 8.52. The predicted octanol–water partition coefficient (Wildman–Crippen LogP) is 3.32. The van der Waals surface area contributed by atoms with Gasteiger partial charge in [-0.1, -0.05) is 12.1 Å². The molecule has 0 radical (unpaired) electrons. The van der Waals surface area contributed by atoms with Gasteiger partial charge in [-0.25, -0.2) is 8.42 Å². The van der Waals surface area contributed by atoms with Crippen LogP contribution in [0.3, 0.4) is 0 Å².